The van der Waals surface area contributed by atoms with Crippen LogP contribution >= 0.6 is 23.2 Å². The van der Waals surface area contributed by atoms with Crippen molar-refractivity contribution in [1.82, 2.24) is 14.7 Å². The highest BCUT2D eigenvalue weighted by molar-refractivity contribution is 6.31. The molecule has 9 nitrogen and oxygen atoms in total. The summed E-state index contributed by atoms with van der Waals surface area (Å²) in [6.07, 6.45) is 0. The second kappa shape index (κ2) is 11.5. The Morgan fingerprint density at radius 1 is 1.12 bits per heavy atom. The predicted molar refractivity (Wildman–Crippen MR) is 179 cm³/mol. The molecule has 1 saturated heterocycles. The maximum Gasteiger partial charge on any atom is 0.335 e. The molecule has 1 amide bonds. The minimum atomic E-state index is -1.40. The second-order valence-corrected chi connectivity index (χ2v) is 13.1. The zero-order valence-electron chi connectivity index (χ0n) is 25.6. The van der Waals surface area contributed by atoms with Crippen LogP contribution in [0.25, 0.3) is 10.9 Å². The summed E-state index contributed by atoms with van der Waals surface area (Å²) in [5.41, 5.74) is 1.69. The smallest absolute Gasteiger partial charge is 0.335 e. The molecule has 2 N–H and O–H groups in total. The first-order chi connectivity index (χ1) is 23.2. The van der Waals surface area contributed by atoms with Crippen LogP contribution in [-0.4, -0.2) is 50.9 Å². The molecular weight excluding hydrogens is 658 g/mol. The van der Waals surface area contributed by atoms with E-state index in [1.54, 1.807) is 41.1 Å². The predicted octanol–water partition coefficient (Wildman–Crippen LogP) is 7.10. The first-order valence-corrected chi connectivity index (χ1v) is 16.4. The molecule has 1 spiro atoms. The van der Waals surface area contributed by atoms with Crippen LogP contribution in [-0.2, 0) is 23.4 Å². The number of hydrogen-bond acceptors (Lipinski definition) is 6. The molecular formula is C36H29Cl2FN4O5. The molecule has 4 aromatic carbocycles. The number of fused-ring (bicyclic) bond motifs is 6. The average molecular weight is 688 g/mol. The third kappa shape index (κ3) is 4.57. The Kier molecular flexibility index (Phi) is 7.35. The lowest BCUT2D eigenvalue weighted by atomic mass is 9.71. The third-order valence-corrected chi connectivity index (χ3v) is 10.3. The number of likely N-dealkylation sites (tertiary alicyclic amines) is 1. The van der Waals surface area contributed by atoms with Crippen LogP contribution in [0.5, 0.6) is 11.6 Å². The van der Waals surface area contributed by atoms with Gasteiger partial charge in [-0.2, -0.15) is 5.10 Å². The average Bonchev–Trinajstić information content (AvgIpc) is 3.59. The van der Waals surface area contributed by atoms with E-state index < -0.39 is 35.2 Å². The van der Waals surface area contributed by atoms with E-state index in [1.807, 2.05) is 37.3 Å². The molecule has 0 unspecified atom stereocenters. The maximum atomic E-state index is 16.4. The topological polar surface area (TPSA) is 106 Å². The molecule has 3 aliphatic heterocycles. The van der Waals surface area contributed by atoms with Crippen LogP contribution in [0.1, 0.15) is 39.9 Å². The molecule has 244 valence electrons. The number of hydrogen-bond donors (Lipinski definition) is 2. The summed E-state index contributed by atoms with van der Waals surface area (Å²) in [5, 5.41) is 18.5. The zero-order valence-corrected chi connectivity index (χ0v) is 27.1. The fourth-order valence-electron chi connectivity index (χ4n) is 7.97. The van der Waals surface area contributed by atoms with E-state index in [1.165, 1.54) is 12.1 Å². The largest absolute Gasteiger partial charge is 0.494 e. The van der Waals surface area contributed by atoms with E-state index in [-0.39, 0.29) is 29.6 Å². The van der Waals surface area contributed by atoms with Gasteiger partial charge in [-0.25, -0.2) is 13.9 Å². The van der Waals surface area contributed by atoms with Gasteiger partial charge < -0.3 is 19.9 Å². The summed E-state index contributed by atoms with van der Waals surface area (Å²) in [6.45, 7) is 3.07. The number of nitrogens with one attached hydrogen (secondary N) is 1. The lowest BCUT2D eigenvalue weighted by Crippen LogP contribution is -2.52. The maximum absolute atomic E-state index is 16.4. The van der Waals surface area contributed by atoms with E-state index >= 15 is 4.39 Å². The van der Waals surface area contributed by atoms with Crippen molar-refractivity contribution in [3.63, 3.8) is 0 Å². The summed E-state index contributed by atoms with van der Waals surface area (Å²) < 4.78 is 30.4. The number of carboxylic acids is 1. The number of amides is 1. The number of nitrogens with zero attached hydrogens (tertiary/aromatic N) is 3. The number of halogens is 3. The standard InChI is InChI=1S/C36H29Cl2FN4O5/c1-2-47-22-6-3-5-19(13-22)16-42-30-18-48-33-24-14-20(34(44)45)9-12-28(24)41-43(33)17-25(30)31(23-7-4-8-27(38)32(23)39)36(42)26-11-10-21(37)15-29(26)40-35(36)46/h3-15,25,30-31H,2,16-18H2,1H3,(H,40,46)(H,44,45)/t25-,30+,31+,36-/m1/s1. The number of benzene rings is 4. The van der Waals surface area contributed by atoms with Crippen molar-refractivity contribution in [3.05, 3.63) is 117 Å². The molecule has 5 aromatic rings. The minimum Gasteiger partial charge on any atom is -0.494 e. The van der Waals surface area contributed by atoms with E-state index in [9.17, 15) is 14.7 Å². The molecule has 1 fully saturated rings. The Morgan fingerprint density at radius 2 is 1.96 bits per heavy atom. The van der Waals surface area contributed by atoms with Crippen LogP contribution in [0.3, 0.4) is 0 Å². The highest BCUT2D eigenvalue weighted by atomic mass is 35.5. The summed E-state index contributed by atoms with van der Waals surface area (Å²) in [6, 6.07) is 22.1. The highest BCUT2D eigenvalue weighted by Crippen LogP contribution is 2.61. The van der Waals surface area contributed by atoms with E-state index in [0.29, 0.717) is 57.5 Å². The molecule has 0 saturated carbocycles. The second-order valence-electron chi connectivity index (χ2n) is 12.3. The van der Waals surface area contributed by atoms with Crippen LogP contribution in [0.2, 0.25) is 10.0 Å². The van der Waals surface area contributed by atoms with Crippen molar-refractivity contribution in [2.24, 2.45) is 5.92 Å². The Bertz CT molecular complexity index is 2140. The van der Waals surface area contributed by atoms with Gasteiger partial charge in [-0.1, -0.05) is 53.5 Å². The summed E-state index contributed by atoms with van der Waals surface area (Å²) in [4.78, 5) is 28.7. The number of carboxylic acid groups (broad SMARTS) is 1. The molecule has 0 bridgehead atoms. The molecule has 12 heteroatoms. The van der Waals surface area contributed by atoms with Crippen molar-refractivity contribution < 1.29 is 28.6 Å². The van der Waals surface area contributed by atoms with Gasteiger partial charge in [-0.15, -0.1) is 0 Å². The summed E-state index contributed by atoms with van der Waals surface area (Å²) >= 11 is 12.9. The number of rotatable bonds is 6. The molecule has 4 heterocycles. The van der Waals surface area contributed by atoms with Crippen molar-refractivity contribution in [1.29, 1.82) is 0 Å². The van der Waals surface area contributed by atoms with E-state index in [2.05, 4.69) is 10.2 Å². The molecule has 4 atom stereocenters. The Morgan fingerprint density at radius 3 is 2.77 bits per heavy atom. The monoisotopic (exact) mass is 686 g/mol. The molecule has 0 aliphatic carbocycles. The normalized spacial score (nSPS) is 22.9. The van der Waals surface area contributed by atoms with Crippen molar-refractivity contribution >= 4 is 51.7 Å². The van der Waals surface area contributed by atoms with Gasteiger partial charge in [0, 0.05) is 41.2 Å². The first-order valence-electron chi connectivity index (χ1n) is 15.6. The Hall–Kier alpha value is -4.64. The van der Waals surface area contributed by atoms with Crippen LogP contribution < -0.4 is 14.8 Å². The number of anilines is 1. The number of aromatic nitrogens is 2. The molecule has 3 aliphatic rings. The van der Waals surface area contributed by atoms with Gasteiger partial charge in [0.15, 0.2) is 0 Å². The minimum absolute atomic E-state index is 0.0478. The van der Waals surface area contributed by atoms with Gasteiger partial charge >= 0.3 is 5.97 Å². The molecule has 0 radical (unpaired) electrons. The lowest BCUT2D eigenvalue weighted by Gasteiger charge is -2.40. The summed E-state index contributed by atoms with van der Waals surface area (Å²) in [5.74, 6) is -2.03. The van der Waals surface area contributed by atoms with Crippen LogP contribution in [0, 0.1) is 11.7 Å². The van der Waals surface area contributed by atoms with Gasteiger partial charge in [0.2, 0.25) is 11.8 Å². The summed E-state index contributed by atoms with van der Waals surface area (Å²) in [7, 11) is 0. The number of ether oxygens (including phenoxy) is 2. The van der Waals surface area contributed by atoms with Crippen LogP contribution in [0.15, 0.2) is 78.9 Å². The molecule has 8 rings (SSSR count). The molecule has 1 aromatic heterocycles. The van der Waals surface area contributed by atoms with Gasteiger partial charge in [-0.3, -0.25) is 9.69 Å². The first kappa shape index (κ1) is 30.7. The van der Waals surface area contributed by atoms with E-state index in [4.69, 9.17) is 37.8 Å². The number of aromatic carboxylic acids is 1. The van der Waals surface area contributed by atoms with Gasteiger partial charge in [0.1, 0.15) is 23.7 Å². The fraction of sp³-hybridized carbons (Fsp3) is 0.250. The van der Waals surface area contributed by atoms with Gasteiger partial charge in [0.05, 0.1) is 34.1 Å². The quantitative estimate of drug-likeness (QED) is 0.196. The SMILES string of the molecule is CCOc1cccc(CN2[C@H]3COc4c5cc(C(=O)O)ccc5nn4C[C@H]3[C@H](c3cccc(Cl)c3F)[C@]23C(=O)Nc2cc(Cl)ccc23)c1. The van der Waals surface area contributed by atoms with Crippen molar-refractivity contribution in [2.45, 2.75) is 37.5 Å². The third-order valence-electron chi connectivity index (χ3n) is 9.80. The van der Waals surface area contributed by atoms with Gasteiger partial charge in [-0.05, 0) is 66.6 Å². The highest BCUT2D eigenvalue weighted by Gasteiger charge is 2.67. The zero-order chi connectivity index (χ0) is 33.3. The van der Waals surface area contributed by atoms with E-state index in [0.717, 1.165) is 5.56 Å². The number of carbonyl (C=O) groups is 2. The fourth-order valence-corrected chi connectivity index (χ4v) is 8.32. The molecule has 48 heavy (non-hydrogen) atoms. The number of carbonyl (C=O) groups excluding carboxylic acids is 1. The van der Waals surface area contributed by atoms with Crippen molar-refractivity contribution in [3.8, 4) is 11.6 Å². The van der Waals surface area contributed by atoms with Crippen LogP contribution in [0.4, 0.5) is 10.1 Å². The van der Waals surface area contributed by atoms with Crippen molar-refractivity contribution in [2.75, 3.05) is 18.5 Å². The van der Waals surface area contributed by atoms with Gasteiger partial charge in [0.25, 0.3) is 0 Å². The lowest BCUT2D eigenvalue weighted by molar-refractivity contribution is -0.128. The Labute approximate surface area is 284 Å². The Balaban J connectivity index is 1.37.